The van der Waals surface area contributed by atoms with Crippen LogP contribution in [-0.2, 0) is 0 Å². The van der Waals surface area contributed by atoms with Crippen LogP contribution in [0.5, 0.6) is 0 Å². The van der Waals surface area contributed by atoms with Crippen LogP contribution in [0.15, 0.2) is 0 Å². The van der Waals surface area contributed by atoms with Crippen molar-refractivity contribution in [1.29, 1.82) is 0 Å². The van der Waals surface area contributed by atoms with E-state index >= 15 is 0 Å². The number of hydrogen-bond donors (Lipinski definition) is 1. The van der Waals surface area contributed by atoms with Crippen LogP contribution in [0.4, 0.5) is 0 Å². The summed E-state index contributed by atoms with van der Waals surface area (Å²) in [7, 11) is 0. The maximum absolute atomic E-state index is 5.78. The van der Waals surface area contributed by atoms with Gasteiger partial charge in [0.25, 0.3) is 0 Å². The Morgan fingerprint density at radius 1 is 1.00 bits per heavy atom. The predicted molar refractivity (Wildman–Crippen MR) is 82.3 cm³/mol. The fourth-order valence-electron chi connectivity index (χ4n) is 4.03. The first-order chi connectivity index (χ1) is 9.26. The summed E-state index contributed by atoms with van der Waals surface area (Å²) in [6, 6.07) is 0.815. The van der Waals surface area contributed by atoms with Gasteiger partial charge in [-0.15, -0.1) is 0 Å². The van der Waals surface area contributed by atoms with Gasteiger partial charge in [0, 0.05) is 19.1 Å². The predicted octanol–water partition coefficient (Wildman–Crippen LogP) is 2.17. The molecule has 2 aliphatic rings. The van der Waals surface area contributed by atoms with Crippen LogP contribution in [0.1, 0.15) is 46.0 Å². The Labute approximate surface area is 119 Å². The molecule has 0 amide bonds. The topological polar surface area (TPSA) is 32.5 Å². The zero-order valence-electron chi connectivity index (χ0n) is 13.0. The summed E-state index contributed by atoms with van der Waals surface area (Å²) in [4.78, 5) is 5.35. The number of nitrogens with zero attached hydrogens (tertiary/aromatic N) is 2. The fourth-order valence-corrected chi connectivity index (χ4v) is 4.03. The third kappa shape index (κ3) is 4.17. The molecule has 3 heteroatoms. The summed E-state index contributed by atoms with van der Waals surface area (Å²) in [5.74, 6) is 1.76. The van der Waals surface area contributed by atoms with E-state index in [1.165, 1.54) is 64.8 Å². The average molecular weight is 267 g/mol. The summed E-state index contributed by atoms with van der Waals surface area (Å²) < 4.78 is 0. The van der Waals surface area contributed by atoms with Crippen LogP contribution in [0.25, 0.3) is 0 Å². The maximum atomic E-state index is 5.78. The minimum atomic E-state index is 0.815. The third-order valence-electron chi connectivity index (χ3n) is 5.39. The summed E-state index contributed by atoms with van der Waals surface area (Å²) in [5, 5.41) is 0. The molecule has 0 aromatic carbocycles. The van der Waals surface area contributed by atoms with E-state index in [1.807, 2.05) is 0 Å². The molecule has 0 spiro atoms. The Hall–Kier alpha value is -0.120. The van der Waals surface area contributed by atoms with E-state index in [-0.39, 0.29) is 0 Å². The molecule has 0 bridgehead atoms. The first-order valence-corrected chi connectivity index (χ1v) is 8.43. The molecule has 1 aliphatic heterocycles. The van der Waals surface area contributed by atoms with Gasteiger partial charge in [0.15, 0.2) is 0 Å². The standard InChI is InChI=1S/C16H33N3/c1-3-19(4-2)16-9-10-18(13-16)12-15-7-5-14(11-17)6-8-15/h14-16H,3-13,17H2,1-2H3. The highest BCUT2D eigenvalue weighted by Crippen LogP contribution is 2.29. The zero-order chi connectivity index (χ0) is 13.7. The van der Waals surface area contributed by atoms with Gasteiger partial charge in [0.2, 0.25) is 0 Å². The lowest BCUT2D eigenvalue weighted by molar-refractivity contribution is 0.180. The second-order valence-corrected chi connectivity index (χ2v) is 6.55. The molecule has 2 rings (SSSR count). The largest absolute Gasteiger partial charge is 0.330 e. The highest BCUT2D eigenvalue weighted by atomic mass is 15.2. The number of rotatable bonds is 6. The molecule has 0 aromatic heterocycles. The van der Waals surface area contributed by atoms with Crippen LogP contribution in [-0.4, -0.2) is 55.1 Å². The maximum Gasteiger partial charge on any atom is 0.0235 e. The van der Waals surface area contributed by atoms with Crippen molar-refractivity contribution in [3.8, 4) is 0 Å². The molecule has 112 valence electrons. The minimum Gasteiger partial charge on any atom is -0.330 e. The summed E-state index contributed by atoms with van der Waals surface area (Å²) >= 11 is 0. The number of hydrogen-bond acceptors (Lipinski definition) is 3. The first-order valence-electron chi connectivity index (χ1n) is 8.43. The average Bonchev–Trinajstić information content (AvgIpc) is 2.89. The van der Waals surface area contributed by atoms with E-state index in [1.54, 1.807) is 0 Å². The van der Waals surface area contributed by atoms with E-state index in [2.05, 4.69) is 23.6 Å². The molecule has 2 N–H and O–H groups in total. The van der Waals surface area contributed by atoms with Crippen molar-refractivity contribution < 1.29 is 0 Å². The molecule has 1 aliphatic carbocycles. The molecule has 0 aromatic rings. The summed E-state index contributed by atoms with van der Waals surface area (Å²) in [6.45, 7) is 11.9. The lowest BCUT2D eigenvalue weighted by atomic mass is 9.82. The molecular formula is C16H33N3. The van der Waals surface area contributed by atoms with Crippen molar-refractivity contribution in [3.63, 3.8) is 0 Å². The molecule has 1 saturated carbocycles. The van der Waals surface area contributed by atoms with Crippen LogP contribution in [0, 0.1) is 11.8 Å². The molecule has 2 fully saturated rings. The van der Waals surface area contributed by atoms with Crippen molar-refractivity contribution in [2.45, 2.75) is 52.0 Å². The molecule has 1 heterocycles. The van der Waals surface area contributed by atoms with Crippen molar-refractivity contribution in [3.05, 3.63) is 0 Å². The molecule has 1 atom stereocenters. The van der Waals surface area contributed by atoms with Gasteiger partial charge in [0.1, 0.15) is 0 Å². The SMILES string of the molecule is CCN(CC)C1CCN(CC2CCC(CN)CC2)C1. The second kappa shape index (κ2) is 7.61. The summed E-state index contributed by atoms with van der Waals surface area (Å²) in [6.07, 6.45) is 6.94. The van der Waals surface area contributed by atoms with E-state index in [9.17, 15) is 0 Å². The quantitative estimate of drug-likeness (QED) is 0.800. The molecule has 1 unspecified atom stereocenters. The van der Waals surface area contributed by atoms with Crippen molar-refractivity contribution >= 4 is 0 Å². The van der Waals surface area contributed by atoms with Crippen molar-refractivity contribution in [2.24, 2.45) is 17.6 Å². The lowest BCUT2D eigenvalue weighted by Gasteiger charge is -2.31. The highest BCUT2D eigenvalue weighted by Gasteiger charge is 2.29. The van der Waals surface area contributed by atoms with Crippen molar-refractivity contribution in [1.82, 2.24) is 9.80 Å². The minimum absolute atomic E-state index is 0.815. The molecule has 0 radical (unpaired) electrons. The second-order valence-electron chi connectivity index (χ2n) is 6.55. The van der Waals surface area contributed by atoms with Gasteiger partial charge in [0.05, 0.1) is 0 Å². The molecular weight excluding hydrogens is 234 g/mol. The van der Waals surface area contributed by atoms with Gasteiger partial charge in [-0.3, -0.25) is 4.90 Å². The molecule has 1 saturated heterocycles. The zero-order valence-corrected chi connectivity index (χ0v) is 13.0. The van der Waals surface area contributed by atoms with Gasteiger partial charge in [-0.1, -0.05) is 13.8 Å². The van der Waals surface area contributed by atoms with Crippen LogP contribution in [0.3, 0.4) is 0 Å². The highest BCUT2D eigenvalue weighted by molar-refractivity contribution is 4.85. The Balaban J connectivity index is 1.70. The van der Waals surface area contributed by atoms with Crippen LogP contribution >= 0.6 is 0 Å². The smallest absolute Gasteiger partial charge is 0.0235 e. The summed E-state index contributed by atoms with van der Waals surface area (Å²) in [5.41, 5.74) is 5.78. The first kappa shape index (κ1) is 15.3. The normalized spacial score (nSPS) is 33.2. The number of nitrogens with two attached hydrogens (primary N) is 1. The number of likely N-dealkylation sites (tertiary alicyclic amines) is 1. The Bertz CT molecular complexity index is 244. The van der Waals surface area contributed by atoms with Crippen LogP contribution < -0.4 is 5.73 Å². The fraction of sp³-hybridized carbons (Fsp3) is 1.00. The Morgan fingerprint density at radius 2 is 1.63 bits per heavy atom. The monoisotopic (exact) mass is 267 g/mol. The Morgan fingerprint density at radius 3 is 2.21 bits per heavy atom. The lowest BCUT2D eigenvalue weighted by Crippen LogP contribution is -2.38. The van der Waals surface area contributed by atoms with Crippen LogP contribution in [0.2, 0.25) is 0 Å². The van der Waals surface area contributed by atoms with E-state index in [0.29, 0.717) is 0 Å². The molecule has 19 heavy (non-hydrogen) atoms. The van der Waals surface area contributed by atoms with Gasteiger partial charge in [-0.05, 0) is 70.1 Å². The van der Waals surface area contributed by atoms with Gasteiger partial charge < -0.3 is 10.6 Å². The molecule has 3 nitrogen and oxygen atoms in total. The van der Waals surface area contributed by atoms with Gasteiger partial charge in [-0.25, -0.2) is 0 Å². The number of likely N-dealkylation sites (N-methyl/N-ethyl adjacent to an activating group) is 1. The van der Waals surface area contributed by atoms with Gasteiger partial charge in [-0.2, -0.15) is 0 Å². The van der Waals surface area contributed by atoms with Gasteiger partial charge >= 0.3 is 0 Å². The third-order valence-corrected chi connectivity index (χ3v) is 5.39. The van der Waals surface area contributed by atoms with E-state index in [4.69, 9.17) is 5.73 Å². The van der Waals surface area contributed by atoms with E-state index in [0.717, 1.165) is 24.4 Å². The van der Waals surface area contributed by atoms with E-state index < -0.39 is 0 Å². The van der Waals surface area contributed by atoms with Crippen molar-refractivity contribution in [2.75, 3.05) is 39.3 Å². The Kier molecular flexibility index (Phi) is 6.11.